The van der Waals surface area contributed by atoms with Crippen LogP contribution in [0.1, 0.15) is 12.5 Å². The van der Waals surface area contributed by atoms with Gasteiger partial charge >= 0.3 is 5.97 Å². The first kappa shape index (κ1) is 11.7. The number of carbonyl (C=O) groups excluding carboxylic acids is 1. The number of para-hydroxylation sites is 1. The van der Waals surface area contributed by atoms with Crippen LogP contribution in [0.3, 0.4) is 0 Å². The van der Waals surface area contributed by atoms with Gasteiger partial charge in [0, 0.05) is 12.7 Å². The Morgan fingerprint density at radius 3 is 2.94 bits per heavy atom. The zero-order valence-corrected chi connectivity index (χ0v) is 9.85. The highest BCUT2D eigenvalue weighted by atomic mass is 16.5. The highest BCUT2D eigenvalue weighted by Crippen LogP contribution is 2.20. The maximum atomic E-state index is 11.5. The molecule has 1 heterocycles. The molecule has 0 aliphatic carbocycles. The van der Waals surface area contributed by atoms with Gasteiger partial charge in [-0.3, -0.25) is 4.79 Å². The van der Waals surface area contributed by atoms with Crippen molar-refractivity contribution in [3.05, 3.63) is 36.0 Å². The van der Waals surface area contributed by atoms with Crippen LogP contribution < -0.4 is 5.73 Å². The van der Waals surface area contributed by atoms with Crippen molar-refractivity contribution in [2.45, 2.75) is 20.0 Å². The standard InChI is InChI=1S/C13H16N2O2/c1-2-17-12(16)9-15-7-6-10-4-3-5-11(8-14)13(10)15/h3-7H,2,8-9,14H2,1H3. The number of nitrogens with zero attached hydrogens (tertiary/aromatic N) is 1. The minimum Gasteiger partial charge on any atom is -0.465 e. The largest absolute Gasteiger partial charge is 0.465 e. The fourth-order valence-electron chi connectivity index (χ4n) is 1.98. The Kier molecular flexibility index (Phi) is 3.44. The van der Waals surface area contributed by atoms with Crippen LogP contribution in [-0.4, -0.2) is 17.1 Å². The van der Waals surface area contributed by atoms with E-state index >= 15 is 0 Å². The summed E-state index contributed by atoms with van der Waals surface area (Å²) in [7, 11) is 0. The third-order valence-corrected chi connectivity index (χ3v) is 2.70. The molecule has 0 saturated heterocycles. The molecule has 4 heteroatoms. The number of carbonyl (C=O) groups is 1. The molecule has 0 fully saturated rings. The molecule has 2 rings (SSSR count). The van der Waals surface area contributed by atoms with Gasteiger partial charge in [0.15, 0.2) is 0 Å². The third kappa shape index (κ3) is 2.31. The summed E-state index contributed by atoms with van der Waals surface area (Å²) in [6.45, 7) is 2.90. The SMILES string of the molecule is CCOC(=O)Cn1ccc2cccc(CN)c21. The van der Waals surface area contributed by atoms with Crippen molar-refractivity contribution in [1.82, 2.24) is 4.57 Å². The number of fused-ring (bicyclic) bond motifs is 1. The molecule has 0 aliphatic rings. The van der Waals surface area contributed by atoms with Crippen LogP contribution in [0, 0.1) is 0 Å². The molecule has 0 aliphatic heterocycles. The van der Waals surface area contributed by atoms with E-state index in [1.165, 1.54) is 0 Å². The zero-order valence-electron chi connectivity index (χ0n) is 9.85. The summed E-state index contributed by atoms with van der Waals surface area (Å²) < 4.78 is 6.83. The highest BCUT2D eigenvalue weighted by Gasteiger charge is 2.09. The van der Waals surface area contributed by atoms with E-state index in [9.17, 15) is 4.79 Å². The molecule has 0 saturated carbocycles. The number of esters is 1. The Balaban J connectivity index is 2.37. The van der Waals surface area contributed by atoms with Gasteiger partial charge in [0.25, 0.3) is 0 Å². The molecular weight excluding hydrogens is 216 g/mol. The number of hydrogen-bond acceptors (Lipinski definition) is 3. The number of rotatable bonds is 4. The topological polar surface area (TPSA) is 57.2 Å². The van der Waals surface area contributed by atoms with Gasteiger partial charge in [-0.1, -0.05) is 18.2 Å². The van der Waals surface area contributed by atoms with E-state index in [2.05, 4.69) is 0 Å². The summed E-state index contributed by atoms with van der Waals surface area (Å²) in [5.74, 6) is -0.225. The molecule has 90 valence electrons. The molecule has 2 aromatic rings. The fraction of sp³-hybridized carbons (Fsp3) is 0.308. The lowest BCUT2D eigenvalue weighted by atomic mass is 10.1. The number of benzene rings is 1. The normalized spacial score (nSPS) is 10.7. The second kappa shape index (κ2) is 5.01. The first-order chi connectivity index (χ1) is 8.26. The van der Waals surface area contributed by atoms with Crippen LogP contribution in [-0.2, 0) is 22.6 Å². The Morgan fingerprint density at radius 1 is 1.41 bits per heavy atom. The molecule has 17 heavy (non-hydrogen) atoms. The Labute approximate surface area is 100.0 Å². The average Bonchev–Trinajstić information content (AvgIpc) is 2.73. The van der Waals surface area contributed by atoms with E-state index in [1.54, 1.807) is 6.92 Å². The van der Waals surface area contributed by atoms with Crippen molar-refractivity contribution in [3.63, 3.8) is 0 Å². The lowest BCUT2D eigenvalue weighted by Crippen LogP contribution is -2.13. The maximum Gasteiger partial charge on any atom is 0.325 e. The number of ether oxygens (including phenoxy) is 1. The monoisotopic (exact) mass is 232 g/mol. The third-order valence-electron chi connectivity index (χ3n) is 2.70. The molecule has 0 amide bonds. The molecule has 0 atom stereocenters. The summed E-state index contributed by atoms with van der Waals surface area (Å²) in [5, 5.41) is 1.09. The smallest absolute Gasteiger partial charge is 0.325 e. The number of nitrogens with two attached hydrogens (primary N) is 1. The highest BCUT2D eigenvalue weighted by molar-refractivity contribution is 5.84. The lowest BCUT2D eigenvalue weighted by molar-refractivity contribution is -0.143. The van der Waals surface area contributed by atoms with E-state index in [-0.39, 0.29) is 12.5 Å². The van der Waals surface area contributed by atoms with E-state index in [4.69, 9.17) is 10.5 Å². The van der Waals surface area contributed by atoms with Gasteiger partial charge in [-0.15, -0.1) is 0 Å². The van der Waals surface area contributed by atoms with Crippen molar-refractivity contribution >= 4 is 16.9 Å². The van der Waals surface area contributed by atoms with Gasteiger partial charge < -0.3 is 15.0 Å². The molecule has 4 nitrogen and oxygen atoms in total. The minimum atomic E-state index is -0.225. The van der Waals surface area contributed by atoms with Gasteiger partial charge in [-0.05, 0) is 23.9 Å². The van der Waals surface area contributed by atoms with Gasteiger partial charge in [0.1, 0.15) is 6.54 Å². The molecule has 0 radical (unpaired) electrons. The lowest BCUT2D eigenvalue weighted by Gasteiger charge is -2.08. The minimum absolute atomic E-state index is 0.225. The Morgan fingerprint density at radius 2 is 2.24 bits per heavy atom. The Bertz CT molecular complexity index is 531. The molecule has 0 unspecified atom stereocenters. The molecule has 1 aromatic heterocycles. The van der Waals surface area contributed by atoms with Crippen LogP contribution >= 0.6 is 0 Å². The van der Waals surface area contributed by atoms with E-state index in [0.29, 0.717) is 13.2 Å². The predicted molar refractivity (Wildman–Crippen MR) is 66.5 cm³/mol. The fourth-order valence-corrected chi connectivity index (χ4v) is 1.98. The van der Waals surface area contributed by atoms with Gasteiger partial charge in [0.2, 0.25) is 0 Å². The summed E-state index contributed by atoms with van der Waals surface area (Å²) in [5.41, 5.74) is 7.76. The van der Waals surface area contributed by atoms with Gasteiger partial charge in [-0.25, -0.2) is 0 Å². The van der Waals surface area contributed by atoms with Crippen LogP contribution in [0.15, 0.2) is 30.5 Å². The van der Waals surface area contributed by atoms with Crippen molar-refractivity contribution in [2.24, 2.45) is 5.73 Å². The number of aromatic nitrogens is 1. The maximum absolute atomic E-state index is 11.5. The summed E-state index contributed by atoms with van der Waals surface area (Å²) >= 11 is 0. The molecular formula is C13H16N2O2. The van der Waals surface area contributed by atoms with E-state index < -0.39 is 0 Å². The van der Waals surface area contributed by atoms with Gasteiger partial charge in [-0.2, -0.15) is 0 Å². The van der Waals surface area contributed by atoms with Crippen LogP contribution in [0.5, 0.6) is 0 Å². The first-order valence-electron chi connectivity index (χ1n) is 5.68. The van der Waals surface area contributed by atoms with Crippen molar-refractivity contribution in [1.29, 1.82) is 0 Å². The summed E-state index contributed by atoms with van der Waals surface area (Å²) in [4.78, 5) is 11.5. The molecule has 1 aromatic carbocycles. The second-order valence-electron chi connectivity index (χ2n) is 3.81. The first-order valence-corrected chi connectivity index (χ1v) is 5.68. The molecule has 0 bridgehead atoms. The number of hydrogen-bond donors (Lipinski definition) is 1. The predicted octanol–water partition coefficient (Wildman–Crippen LogP) is 1.66. The van der Waals surface area contributed by atoms with Crippen LogP contribution in [0.4, 0.5) is 0 Å². The van der Waals surface area contributed by atoms with E-state index in [1.807, 2.05) is 35.0 Å². The summed E-state index contributed by atoms with van der Waals surface area (Å²) in [6.07, 6.45) is 1.89. The van der Waals surface area contributed by atoms with Crippen molar-refractivity contribution in [2.75, 3.05) is 6.61 Å². The Hall–Kier alpha value is -1.81. The van der Waals surface area contributed by atoms with Crippen molar-refractivity contribution < 1.29 is 9.53 Å². The van der Waals surface area contributed by atoms with Gasteiger partial charge in [0.05, 0.1) is 12.1 Å². The average molecular weight is 232 g/mol. The molecule has 0 spiro atoms. The quantitative estimate of drug-likeness (QED) is 0.816. The molecule has 2 N–H and O–H groups in total. The van der Waals surface area contributed by atoms with E-state index in [0.717, 1.165) is 16.5 Å². The van der Waals surface area contributed by atoms with Crippen LogP contribution in [0.2, 0.25) is 0 Å². The second-order valence-corrected chi connectivity index (χ2v) is 3.81. The zero-order chi connectivity index (χ0) is 12.3. The van der Waals surface area contributed by atoms with Crippen LogP contribution in [0.25, 0.3) is 10.9 Å². The van der Waals surface area contributed by atoms with Crippen molar-refractivity contribution in [3.8, 4) is 0 Å². The summed E-state index contributed by atoms with van der Waals surface area (Å²) in [6, 6.07) is 7.94.